The van der Waals surface area contributed by atoms with E-state index in [2.05, 4.69) is 20.9 Å². The van der Waals surface area contributed by atoms with Gasteiger partial charge in [0, 0.05) is 10.5 Å². The molecular weight excluding hydrogens is 228 g/mol. The van der Waals surface area contributed by atoms with Crippen LogP contribution >= 0.6 is 15.9 Å². The van der Waals surface area contributed by atoms with Crippen LogP contribution in [0, 0.1) is 5.39 Å². The Morgan fingerprint density at radius 1 is 1.15 bits per heavy atom. The van der Waals surface area contributed by atoms with E-state index in [0.717, 1.165) is 23.0 Å². The highest BCUT2D eigenvalue weighted by Crippen LogP contribution is 2.34. The molecule has 0 heterocycles. The van der Waals surface area contributed by atoms with Gasteiger partial charge < -0.3 is 0 Å². The molecule has 0 fully saturated rings. The minimum Gasteiger partial charge on any atom is -0.0505 e. The van der Waals surface area contributed by atoms with Crippen LogP contribution in [0.3, 0.4) is 0 Å². The summed E-state index contributed by atoms with van der Waals surface area (Å²) in [6.07, 6.45) is 4.57. The highest BCUT2D eigenvalue weighted by Gasteiger charge is 2.22. The second kappa shape index (κ2) is 3.47. The first-order valence-corrected chi connectivity index (χ1v) is 5.27. The molecule has 0 unspecified atom stereocenters. The number of diazo groups is 1. The average molecular weight is 238 g/mol. The summed E-state index contributed by atoms with van der Waals surface area (Å²) in [5, 5.41) is 8.79. The molecule has 0 atom stereocenters. The Hall–Kier alpha value is -0.880. The van der Waals surface area contributed by atoms with Crippen LogP contribution in [-0.2, 0) is 12.8 Å². The van der Waals surface area contributed by atoms with E-state index in [4.69, 9.17) is 5.39 Å². The van der Waals surface area contributed by atoms with Crippen LogP contribution in [0.25, 0.3) is 4.98 Å². The Labute approximate surface area is 85.7 Å². The summed E-state index contributed by atoms with van der Waals surface area (Å²) in [6, 6.07) is 3.81. The van der Waals surface area contributed by atoms with E-state index in [0.29, 0.717) is 0 Å². The summed E-state index contributed by atoms with van der Waals surface area (Å²) in [5.74, 6) is 0. The minimum atomic E-state index is 0.734. The van der Waals surface area contributed by atoms with Gasteiger partial charge >= 0.3 is 5.69 Å². The molecule has 0 radical (unpaired) electrons. The molecule has 0 amide bonds. The lowest BCUT2D eigenvalue weighted by Crippen LogP contribution is -2.03. The Kier molecular flexibility index (Phi) is 2.32. The monoisotopic (exact) mass is 237 g/mol. The average Bonchev–Trinajstić information content (AvgIpc) is 2.19. The summed E-state index contributed by atoms with van der Waals surface area (Å²) in [6.45, 7) is 0. The van der Waals surface area contributed by atoms with E-state index < -0.39 is 0 Å². The molecule has 0 saturated carbocycles. The predicted molar refractivity (Wildman–Crippen MR) is 55.5 cm³/mol. The Morgan fingerprint density at radius 3 is 2.54 bits per heavy atom. The molecule has 2 rings (SSSR count). The highest BCUT2D eigenvalue weighted by atomic mass is 79.9. The van der Waals surface area contributed by atoms with Crippen LogP contribution < -0.4 is 0 Å². The molecule has 0 aliphatic heterocycles. The van der Waals surface area contributed by atoms with Gasteiger partial charge in [0.2, 0.25) is 5.39 Å². The van der Waals surface area contributed by atoms with Crippen molar-refractivity contribution in [2.45, 2.75) is 25.7 Å². The first-order chi connectivity index (χ1) is 6.33. The van der Waals surface area contributed by atoms with E-state index >= 15 is 0 Å². The summed E-state index contributed by atoms with van der Waals surface area (Å²) < 4.78 is 1.15. The number of hydrogen-bond acceptors (Lipinski definition) is 1. The first-order valence-electron chi connectivity index (χ1n) is 4.48. The fourth-order valence-corrected chi connectivity index (χ4v) is 2.47. The molecular formula is C10H10BrN2+. The van der Waals surface area contributed by atoms with Crippen molar-refractivity contribution < 1.29 is 0 Å². The van der Waals surface area contributed by atoms with Gasteiger partial charge in [0.05, 0.1) is 5.56 Å². The van der Waals surface area contributed by atoms with Crippen molar-refractivity contribution in [3.63, 3.8) is 0 Å². The zero-order valence-corrected chi connectivity index (χ0v) is 8.84. The molecule has 1 aromatic carbocycles. The van der Waals surface area contributed by atoms with Crippen LogP contribution in [0.2, 0.25) is 0 Å². The summed E-state index contributed by atoms with van der Waals surface area (Å²) in [4.78, 5) is 3.30. The molecule has 1 aromatic rings. The SMILES string of the molecule is N#[N+]c1ccc(Br)c2c1CCCC2. The van der Waals surface area contributed by atoms with Crippen molar-refractivity contribution in [1.29, 1.82) is 5.39 Å². The molecule has 1 aliphatic carbocycles. The van der Waals surface area contributed by atoms with Crippen molar-refractivity contribution in [2.75, 3.05) is 0 Å². The molecule has 66 valence electrons. The zero-order valence-electron chi connectivity index (χ0n) is 7.26. The van der Waals surface area contributed by atoms with Gasteiger partial charge in [0.1, 0.15) is 0 Å². The molecule has 1 aliphatic rings. The number of rotatable bonds is 0. The maximum Gasteiger partial charge on any atom is 0.388 e. The normalized spacial score (nSPS) is 14.8. The maximum absolute atomic E-state index is 8.79. The van der Waals surface area contributed by atoms with Gasteiger partial charge in [-0.15, -0.1) is 0 Å². The van der Waals surface area contributed by atoms with Gasteiger partial charge in [-0.1, -0.05) is 15.9 Å². The van der Waals surface area contributed by atoms with Crippen molar-refractivity contribution in [3.8, 4) is 0 Å². The first kappa shape index (κ1) is 8.71. The number of fused-ring (bicyclic) bond motifs is 1. The molecule has 0 aromatic heterocycles. The number of nitrogens with zero attached hydrogens (tertiary/aromatic N) is 2. The zero-order chi connectivity index (χ0) is 9.26. The van der Waals surface area contributed by atoms with Crippen molar-refractivity contribution >= 4 is 21.6 Å². The lowest BCUT2D eigenvalue weighted by Gasteiger charge is -2.14. The fourth-order valence-electron chi connectivity index (χ4n) is 1.90. The van der Waals surface area contributed by atoms with E-state index in [-0.39, 0.29) is 0 Å². The number of halogens is 1. The summed E-state index contributed by atoms with van der Waals surface area (Å²) in [7, 11) is 0. The van der Waals surface area contributed by atoms with Gasteiger partial charge in [-0.25, -0.2) is 0 Å². The smallest absolute Gasteiger partial charge is 0.0505 e. The third-order valence-corrected chi connectivity index (χ3v) is 3.30. The van der Waals surface area contributed by atoms with Crippen molar-refractivity contribution in [2.24, 2.45) is 0 Å². The predicted octanol–water partition coefficient (Wildman–Crippen LogP) is 3.81. The van der Waals surface area contributed by atoms with E-state index in [1.54, 1.807) is 0 Å². The molecule has 2 nitrogen and oxygen atoms in total. The maximum atomic E-state index is 8.79. The highest BCUT2D eigenvalue weighted by molar-refractivity contribution is 9.10. The van der Waals surface area contributed by atoms with Crippen molar-refractivity contribution in [1.82, 2.24) is 0 Å². The van der Waals surface area contributed by atoms with Crippen LogP contribution in [0.15, 0.2) is 16.6 Å². The number of benzene rings is 1. The lowest BCUT2D eigenvalue weighted by molar-refractivity contribution is 0.685. The molecule has 0 N–H and O–H groups in total. The van der Waals surface area contributed by atoms with E-state index in [1.807, 2.05) is 12.1 Å². The van der Waals surface area contributed by atoms with Crippen LogP contribution in [-0.4, -0.2) is 0 Å². The fraction of sp³-hybridized carbons (Fsp3) is 0.400. The number of hydrogen-bond donors (Lipinski definition) is 0. The summed E-state index contributed by atoms with van der Waals surface area (Å²) >= 11 is 3.52. The second-order valence-electron chi connectivity index (χ2n) is 3.33. The summed E-state index contributed by atoms with van der Waals surface area (Å²) in [5.41, 5.74) is 3.27. The molecule has 13 heavy (non-hydrogen) atoms. The topological polar surface area (TPSA) is 28.1 Å². The van der Waals surface area contributed by atoms with E-state index in [1.165, 1.54) is 24.0 Å². The molecule has 0 bridgehead atoms. The molecule has 0 spiro atoms. The van der Waals surface area contributed by atoms with Crippen LogP contribution in [0.1, 0.15) is 24.0 Å². The molecule has 3 heteroatoms. The standard InChI is InChI=1S/C10H10BrN2/c11-9-5-6-10(13-12)8-4-2-1-3-7(8)9/h5-6H,1-4H2/q+1. The van der Waals surface area contributed by atoms with Gasteiger partial charge in [-0.2, -0.15) is 0 Å². The third kappa shape index (κ3) is 1.47. The Balaban J connectivity index is 2.61. The lowest BCUT2D eigenvalue weighted by atomic mass is 9.91. The van der Waals surface area contributed by atoms with Crippen LogP contribution in [0.5, 0.6) is 0 Å². The second-order valence-corrected chi connectivity index (χ2v) is 4.19. The minimum absolute atomic E-state index is 0.734. The Morgan fingerprint density at radius 2 is 1.85 bits per heavy atom. The van der Waals surface area contributed by atoms with Gasteiger partial charge in [0.25, 0.3) is 0 Å². The van der Waals surface area contributed by atoms with Gasteiger partial charge in [-0.05, 0) is 37.3 Å². The van der Waals surface area contributed by atoms with Gasteiger partial charge in [-0.3, -0.25) is 0 Å². The third-order valence-electron chi connectivity index (χ3n) is 2.56. The Bertz CT molecular complexity index is 379. The van der Waals surface area contributed by atoms with E-state index in [9.17, 15) is 0 Å². The van der Waals surface area contributed by atoms with Crippen molar-refractivity contribution in [3.05, 3.63) is 32.7 Å². The quantitative estimate of drug-likeness (QED) is 0.631. The molecule has 0 saturated heterocycles. The van der Waals surface area contributed by atoms with Crippen LogP contribution in [0.4, 0.5) is 5.69 Å². The van der Waals surface area contributed by atoms with Gasteiger partial charge in [0.15, 0.2) is 4.98 Å². The largest absolute Gasteiger partial charge is 0.388 e.